The van der Waals surface area contributed by atoms with Crippen molar-refractivity contribution in [1.29, 1.82) is 0 Å². The van der Waals surface area contributed by atoms with E-state index in [0.29, 0.717) is 23.7 Å². The number of rotatable bonds is 4. The Morgan fingerprint density at radius 3 is 2.62 bits per heavy atom. The Labute approximate surface area is 144 Å². The van der Waals surface area contributed by atoms with Crippen LogP contribution in [0.5, 0.6) is 0 Å². The Balaban J connectivity index is 2.27. The Hall–Kier alpha value is -1.07. The number of halogens is 2. The third kappa shape index (κ3) is 3.98. The second kappa shape index (κ2) is 7.27. The minimum absolute atomic E-state index is 0.0210. The fraction of sp³-hybridized carbons (Fsp3) is 0.235. The SMILES string of the molecule is CCN(Cc1ccccc1C)C(=O)c1cc(Cl)ccc1I. The number of amides is 1. The average Bonchev–Trinajstić information content (AvgIpc) is 2.48. The van der Waals surface area contributed by atoms with E-state index in [-0.39, 0.29) is 5.91 Å². The van der Waals surface area contributed by atoms with Gasteiger partial charge in [0.1, 0.15) is 0 Å². The minimum atomic E-state index is 0.0210. The smallest absolute Gasteiger partial charge is 0.255 e. The van der Waals surface area contributed by atoms with Gasteiger partial charge >= 0.3 is 0 Å². The minimum Gasteiger partial charge on any atom is -0.335 e. The lowest BCUT2D eigenvalue weighted by molar-refractivity contribution is 0.0751. The molecule has 0 heterocycles. The van der Waals surface area contributed by atoms with Gasteiger partial charge in [-0.15, -0.1) is 0 Å². The molecule has 0 radical (unpaired) electrons. The second-order valence-electron chi connectivity index (χ2n) is 4.87. The molecule has 0 fully saturated rings. The number of carbonyl (C=O) groups is 1. The summed E-state index contributed by atoms with van der Waals surface area (Å²) in [6.45, 7) is 5.34. The Morgan fingerprint density at radius 2 is 1.95 bits per heavy atom. The maximum Gasteiger partial charge on any atom is 0.255 e. The van der Waals surface area contributed by atoms with E-state index in [9.17, 15) is 4.79 Å². The van der Waals surface area contributed by atoms with Crippen LogP contribution in [0.25, 0.3) is 0 Å². The van der Waals surface area contributed by atoms with E-state index in [1.165, 1.54) is 11.1 Å². The molecule has 2 aromatic rings. The third-order valence-electron chi connectivity index (χ3n) is 3.45. The van der Waals surface area contributed by atoms with Crippen molar-refractivity contribution in [3.8, 4) is 0 Å². The van der Waals surface area contributed by atoms with Gasteiger partial charge in [-0.1, -0.05) is 35.9 Å². The molecule has 0 aliphatic carbocycles. The van der Waals surface area contributed by atoms with Crippen molar-refractivity contribution in [2.75, 3.05) is 6.54 Å². The van der Waals surface area contributed by atoms with E-state index < -0.39 is 0 Å². The standard InChI is InChI=1S/C17H17ClINO/c1-3-20(11-13-7-5-4-6-12(13)2)17(21)15-10-14(18)8-9-16(15)19/h4-10H,3,11H2,1-2H3. The molecule has 0 saturated heterocycles. The van der Waals surface area contributed by atoms with Crippen molar-refractivity contribution in [1.82, 2.24) is 4.90 Å². The molecule has 0 bridgehead atoms. The van der Waals surface area contributed by atoms with Crippen LogP contribution in [0.3, 0.4) is 0 Å². The molecular weight excluding hydrogens is 397 g/mol. The molecule has 2 rings (SSSR count). The molecule has 4 heteroatoms. The topological polar surface area (TPSA) is 20.3 Å². The summed E-state index contributed by atoms with van der Waals surface area (Å²) in [6.07, 6.45) is 0. The van der Waals surface area contributed by atoms with Crippen molar-refractivity contribution in [2.45, 2.75) is 20.4 Å². The van der Waals surface area contributed by atoms with Crippen LogP contribution in [0.15, 0.2) is 42.5 Å². The van der Waals surface area contributed by atoms with Gasteiger partial charge in [0.15, 0.2) is 0 Å². The number of benzene rings is 2. The molecule has 0 N–H and O–H groups in total. The van der Waals surface area contributed by atoms with Crippen LogP contribution in [0.2, 0.25) is 5.02 Å². The first kappa shape index (κ1) is 16.3. The average molecular weight is 414 g/mol. The lowest BCUT2D eigenvalue weighted by Gasteiger charge is -2.22. The first-order valence-electron chi connectivity index (χ1n) is 6.81. The van der Waals surface area contributed by atoms with Gasteiger partial charge in [0.2, 0.25) is 0 Å². The van der Waals surface area contributed by atoms with Gasteiger partial charge in [-0.05, 0) is 65.8 Å². The monoisotopic (exact) mass is 413 g/mol. The van der Waals surface area contributed by atoms with E-state index in [4.69, 9.17) is 11.6 Å². The number of hydrogen-bond donors (Lipinski definition) is 0. The predicted molar refractivity (Wildman–Crippen MR) is 95.8 cm³/mol. The highest BCUT2D eigenvalue weighted by atomic mass is 127. The molecule has 21 heavy (non-hydrogen) atoms. The van der Waals surface area contributed by atoms with E-state index in [0.717, 1.165) is 3.57 Å². The number of hydrogen-bond acceptors (Lipinski definition) is 1. The molecule has 0 aliphatic rings. The molecule has 0 atom stereocenters. The highest BCUT2D eigenvalue weighted by molar-refractivity contribution is 14.1. The zero-order chi connectivity index (χ0) is 15.4. The zero-order valence-electron chi connectivity index (χ0n) is 12.1. The van der Waals surface area contributed by atoms with Gasteiger partial charge in [-0.25, -0.2) is 0 Å². The molecule has 110 valence electrons. The summed E-state index contributed by atoms with van der Waals surface area (Å²) in [5, 5.41) is 0.589. The van der Waals surface area contributed by atoms with Gasteiger partial charge in [0, 0.05) is 21.7 Å². The Bertz CT molecular complexity index is 657. The van der Waals surface area contributed by atoms with E-state index in [2.05, 4.69) is 41.6 Å². The molecule has 0 aliphatic heterocycles. The Morgan fingerprint density at radius 1 is 1.24 bits per heavy atom. The van der Waals surface area contributed by atoms with Crippen LogP contribution < -0.4 is 0 Å². The third-order valence-corrected chi connectivity index (χ3v) is 4.63. The van der Waals surface area contributed by atoms with Crippen molar-refractivity contribution in [3.63, 3.8) is 0 Å². The highest BCUT2D eigenvalue weighted by Gasteiger charge is 2.18. The van der Waals surface area contributed by atoms with Crippen molar-refractivity contribution in [2.24, 2.45) is 0 Å². The predicted octanol–water partition coefficient (Wildman–Crippen LogP) is 4.92. The van der Waals surface area contributed by atoms with E-state index >= 15 is 0 Å². The Kier molecular flexibility index (Phi) is 5.65. The van der Waals surface area contributed by atoms with Crippen LogP contribution in [0, 0.1) is 10.5 Å². The lowest BCUT2D eigenvalue weighted by atomic mass is 10.1. The fourth-order valence-electron chi connectivity index (χ4n) is 2.15. The number of carbonyl (C=O) groups excluding carboxylic acids is 1. The van der Waals surface area contributed by atoms with Crippen LogP contribution in [-0.2, 0) is 6.54 Å². The largest absolute Gasteiger partial charge is 0.335 e. The number of nitrogens with zero attached hydrogens (tertiary/aromatic N) is 1. The number of aryl methyl sites for hydroxylation is 1. The fourth-order valence-corrected chi connectivity index (χ4v) is 2.89. The van der Waals surface area contributed by atoms with Gasteiger partial charge < -0.3 is 4.90 Å². The molecule has 2 aromatic carbocycles. The lowest BCUT2D eigenvalue weighted by Crippen LogP contribution is -2.31. The summed E-state index contributed by atoms with van der Waals surface area (Å²) < 4.78 is 0.922. The van der Waals surface area contributed by atoms with Crippen molar-refractivity contribution >= 4 is 40.1 Å². The maximum atomic E-state index is 12.7. The summed E-state index contributed by atoms with van der Waals surface area (Å²) in [4.78, 5) is 14.6. The summed E-state index contributed by atoms with van der Waals surface area (Å²) in [5.74, 6) is 0.0210. The van der Waals surface area contributed by atoms with Gasteiger partial charge in [-0.3, -0.25) is 4.79 Å². The van der Waals surface area contributed by atoms with Crippen LogP contribution in [-0.4, -0.2) is 17.4 Å². The zero-order valence-corrected chi connectivity index (χ0v) is 15.0. The second-order valence-corrected chi connectivity index (χ2v) is 6.47. The summed E-state index contributed by atoms with van der Waals surface area (Å²) in [6, 6.07) is 13.6. The summed E-state index contributed by atoms with van der Waals surface area (Å²) >= 11 is 8.19. The maximum absolute atomic E-state index is 12.7. The molecule has 0 spiro atoms. The van der Waals surface area contributed by atoms with Gasteiger partial charge in [-0.2, -0.15) is 0 Å². The van der Waals surface area contributed by atoms with Crippen molar-refractivity contribution < 1.29 is 4.79 Å². The van der Waals surface area contributed by atoms with Gasteiger partial charge in [0.25, 0.3) is 5.91 Å². The molecule has 0 saturated carbocycles. The molecule has 0 aromatic heterocycles. The first-order chi connectivity index (χ1) is 10.0. The normalized spacial score (nSPS) is 10.5. The van der Waals surface area contributed by atoms with Crippen LogP contribution in [0.1, 0.15) is 28.4 Å². The molecule has 2 nitrogen and oxygen atoms in total. The molecule has 0 unspecified atom stereocenters. The van der Waals surface area contributed by atoms with Crippen LogP contribution in [0.4, 0.5) is 0 Å². The van der Waals surface area contributed by atoms with E-state index in [1.807, 2.05) is 30.0 Å². The molecule has 1 amide bonds. The molecular formula is C17H17ClINO. The summed E-state index contributed by atoms with van der Waals surface area (Å²) in [7, 11) is 0. The van der Waals surface area contributed by atoms with E-state index in [1.54, 1.807) is 12.1 Å². The van der Waals surface area contributed by atoms with Gasteiger partial charge in [0.05, 0.1) is 5.56 Å². The van der Waals surface area contributed by atoms with Crippen molar-refractivity contribution in [3.05, 3.63) is 67.7 Å². The first-order valence-corrected chi connectivity index (χ1v) is 8.27. The highest BCUT2D eigenvalue weighted by Crippen LogP contribution is 2.21. The summed E-state index contributed by atoms with van der Waals surface area (Å²) in [5.41, 5.74) is 3.04. The van der Waals surface area contributed by atoms with Crippen LogP contribution >= 0.6 is 34.2 Å². The quantitative estimate of drug-likeness (QED) is 0.652.